The maximum Gasteiger partial charge on any atom is 0.252 e. The molecule has 2 aromatic carbocycles. The molecule has 5 atom stereocenters. The molecule has 2 aliphatic carbocycles. The molecular weight excluding hydrogens is 526 g/mol. The molecule has 222 valence electrons. The average molecular weight is 570 g/mol. The van der Waals surface area contributed by atoms with Crippen molar-refractivity contribution in [2.24, 2.45) is 29.4 Å². The van der Waals surface area contributed by atoms with Gasteiger partial charge >= 0.3 is 0 Å². The highest BCUT2D eigenvalue weighted by molar-refractivity contribution is 6.08. The van der Waals surface area contributed by atoms with E-state index in [1.165, 1.54) is 18.4 Å². The number of hydrogen-bond acceptors (Lipinski definition) is 4. The van der Waals surface area contributed by atoms with Gasteiger partial charge in [-0.2, -0.15) is 5.10 Å². The van der Waals surface area contributed by atoms with Gasteiger partial charge in [0.2, 0.25) is 11.8 Å². The van der Waals surface area contributed by atoms with Crippen LogP contribution in [-0.2, 0) is 16.0 Å². The minimum Gasteiger partial charge on any atom is -0.369 e. The predicted octanol–water partition coefficient (Wildman–Crippen LogP) is 5.15. The molecule has 4 N–H and O–H groups in total. The van der Waals surface area contributed by atoms with Crippen LogP contribution in [0, 0.1) is 23.7 Å². The molecule has 42 heavy (non-hydrogen) atoms. The Morgan fingerprint density at radius 2 is 1.79 bits per heavy atom. The van der Waals surface area contributed by atoms with Gasteiger partial charge in [0.05, 0.1) is 29.2 Å². The number of piperidine rings is 1. The number of nitrogens with zero attached hydrogens (tertiary/aromatic N) is 2. The van der Waals surface area contributed by atoms with E-state index in [-0.39, 0.29) is 41.5 Å². The summed E-state index contributed by atoms with van der Waals surface area (Å²) in [5, 5.41) is 11.7. The fraction of sp³-hybridized carbons (Fsp3) is 0.529. The van der Waals surface area contributed by atoms with Crippen LogP contribution in [0.25, 0.3) is 22.0 Å². The number of rotatable bonds is 8. The van der Waals surface area contributed by atoms with Crippen LogP contribution in [0.15, 0.2) is 42.6 Å². The minimum absolute atomic E-state index is 0.00865. The summed E-state index contributed by atoms with van der Waals surface area (Å²) >= 11 is 0. The molecule has 0 spiro atoms. The molecule has 3 amide bonds. The van der Waals surface area contributed by atoms with Crippen molar-refractivity contribution in [1.29, 1.82) is 0 Å². The molecule has 3 fully saturated rings. The van der Waals surface area contributed by atoms with E-state index < -0.39 is 0 Å². The lowest BCUT2D eigenvalue weighted by Gasteiger charge is -2.32. The van der Waals surface area contributed by atoms with Crippen molar-refractivity contribution in [2.45, 2.75) is 83.7 Å². The number of amides is 3. The number of nitrogens with two attached hydrogens (primary N) is 1. The molecule has 0 bridgehead atoms. The Balaban J connectivity index is 1.28. The number of hydrogen-bond donors (Lipinski definition) is 3. The van der Waals surface area contributed by atoms with E-state index in [1.54, 1.807) is 0 Å². The van der Waals surface area contributed by atoms with Crippen LogP contribution < -0.4 is 16.4 Å². The Kier molecular flexibility index (Phi) is 8.06. The second-order valence-corrected chi connectivity index (χ2v) is 13.0. The molecule has 3 aromatic rings. The van der Waals surface area contributed by atoms with E-state index in [4.69, 9.17) is 10.8 Å². The Bertz CT molecular complexity index is 1470. The van der Waals surface area contributed by atoms with Crippen molar-refractivity contribution in [2.75, 3.05) is 6.54 Å². The van der Waals surface area contributed by atoms with E-state index in [1.807, 2.05) is 19.2 Å². The molecule has 2 heterocycles. The van der Waals surface area contributed by atoms with Gasteiger partial charge in [0.25, 0.3) is 5.91 Å². The Labute approximate surface area is 247 Å². The lowest BCUT2D eigenvalue weighted by atomic mass is 9.84. The zero-order valence-corrected chi connectivity index (χ0v) is 24.8. The fourth-order valence-corrected chi connectivity index (χ4v) is 7.71. The number of primary amides is 1. The first-order chi connectivity index (χ1) is 20.3. The van der Waals surface area contributed by atoms with Crippen LogP contribution in [0.4, 0.5) is 0 Å². The Hall–Kier alpha value is -3.68. The van der Waals surface area contributed by atoms with Crippen molar-refractivity contribution < 1.29 is 14.4 Å². The first-order valence-corrected chi connectivity index (χ1v) is 15.8. The maximum atomic E-state index is 13.7. The van der Waals surface area contributed by atoms with Gasteiger partial charge in [-0.05, 0) is 86.1 Å². The van der Waals surface area contributed by atoms with E-state index >= 15 is 0 Å². The largest absolute Gasteiger partial charge is 0.369 e. The zero-order valence-electron chi connectivity index (χ0n) is 24.8. The van der Waals surface area contributed by atoms with Crippen molar-refractivity contribution >= 4 is 28.6 Å². The van der Waals surface area contributed by atoms with Gasteiger partial charge in [0, 0.05) is 23.9 Å². The molecule has 2 saturated carbocycles. The van der Waals surface area contributed by atoms with Gasteiger partial charge < -0.3 is 16.4 Å². The lowest BCUT2D eigenvalue weighted by Crippen LogP contribution is -2.50. The number of carbonyl (C=O) groups excluding carboxylic acids is 3. The summed E-state index contributed by atoms with van der Waals surface area (Å²) < 4.78 is 2.11. The number of fused-ring (bicyclic) bond motifs is 1. The summed E-state index contributed by atoms with van der Waals surface area (Å²) in [4.78, 5) is 38.2. The average Bonchev–Trinajstić information content (AvgIpc) is 3.73. The third-order valence-electron chi connectivity index (χ3n) is 10.1. The molecule has 6 rings (SSSR count). The highest BCUT2D eigenvalue weighted by Gasteiger charge is 2.33. The quantitative estimate of drug-likeness (QED) is 0.347. The number of nitrogens with one attached hydrogen (secondary N) is 2. The summed E-state index contributed by atoms with van der Waals surface area (Å²) in [5.41, 5.74) is 10.4. The normalized spacial score (nSPS) is 26.4. The topological polar surface area (TPSA) is 119 Å². The highest BCUT2D eigenvalue weighted by Crippen LogP contribution is 2.36. The number of benzene rings is 2. The van der Waals surface area contributed by atoms with E-state index in [9.17, 15) is 14.4 Å². The summed E-state index contributed by atoms with van der Waals surface area (Å²) in [6.45, 7) is 4.41. The Morgan fingerprint density at radius 3 is 2.50 bits per heavy atom. The molecule has 1 aliphatic heterocycles. The highest BCUT2D eigenvalue weighted by atomic mass is 16.2. The van der Waals surface area contributed by atoms with E-state index in [2.05, 4.69) is 52.6 Å². The van der Waals surface area contributed by atoms with Crippen molar-refractivity contribution in [1.82, 2.24) is 20.4 Å². The third-order valence-corrected chi connectivity index (χ3v) is 10.1. The lowest BCUT2D eigenvalue weighted by molar-refractivity contribution is -0.129. The molecule has 1 aromatic heterocycles. The number of carbonyl (C=O) groups is 3. The van der Waals surface area contributed by atoms with Crippen LogP contribution >= 0.6 is 0 Å². The molecule has 1 saturated heterocycles. The van der Waals surface area contributed by atoms with Gasteiger partial charge in [0.15, 0.2) is 0 Å². The fourth-order valence-electron chi connectivity index (χ4n) is 7.71. The predicted molar refractivity (Wildman–Crippen MR) is 164 cm³/mol. The van der Waals surface area contributed by atoms with Crippen LogP contribution in [0.5, 0.6) is 0 Å². The first-order valence-electron chi connectivity index (χ1n) is 15.8. The molecule has 8 heteroatoms. The van der Waals surface area contributed by atoms with E-state index in [0.717, 1.165) is 67.0 Å². The van der Waals surface area contributed by atoms with Crippen molar-refractivity contribution in [3.63, 3.8) is 0 Å². The standard InChI is InChI=1S/C34H43N5O3/c1-20-14-21(2)38-34(42)29(20)18-36-33(41)28-16-25(17-31-30(28)19-37-39(31)26-7-3-4-8-26)23-12-10-22(11-13-23)15-24-6-5-9-27(24)32(35)40/h10-13,16-17,19-21,24,26-27,29H,3-9,14-15,18H2,1-2H3,(H2,35,40)(H,36,41)(H,38,42)/t20?,21?,24?,27-,29?/m0/s1. The van der Waals surface area contributed by atoms with Crippen molar-refractivity contribution in [3.05, 3.63) is 53.7 Å². The second-order valence-electron chi connectivity index (χ2n) is 13.0. The molecular formula is C34H43N5O3. The van der Waals surface area contributed by atoms with Crippen LogP contribution in [0.3, 0.4) is 0 Å². The van der Waals surface area contributed by atoms with Crippen LogP contribution in [-0.4, -0.2) is 40.1 Å². The van der Waals surface area contributed by atoms with Gasteiger partial charge in [-0.15, -0.1) is 0 Å². The molecule has 8 nitrogen and oxygen atoms in total. The maximum absolute atomic E-state index is 13.7. The summed E-state index contributed by atoms with van der Waals surface area (Å²) in [7, 11) is 0. The first kappa shape index (κ1) is 28.4. The summed E-state index contributed by atoms with van der Waals surface area (Å²) in [6.07, 6.45) is 11.1. The van der Waals surface area contributed by atoms with E-state index in [0.29, 0.717) is 24.1 Å². The third kappa shape index (κ3) is 5.68. The van der Waals surface area contributed by atoms with Gasteiger partial charge in [-0.1, -0.05) is 50.5 Å². The minimum atomic E-state index is -0.244. The van der Waals surface area contributed by atoms with Gasteiger partial charge in [-0.25, -0.2) is 0 Å². The second kappa shape index (κ2) is 11.9. The smallest absolute Gasteiger partial charge is 0.252 e. The molecule has 3 aliphatic rings. The van der Waals surface area contributed by atoms with Crippen molar-refractivity contribution in [3.8, 4) is 11.1 Å². The molecule has 4 unspecified atom stereocenters. The zero-order chi connectivity index (χ0) is 29.4. The monoisotopic (exact) mass is 569 g/mol. The molecule has 0 radical (unpaired) electrons. The van der Waals surface area contributed by atoms with Crippen LogP contribution in [0.1, 0.15) is 87.2 Å². The SMILES string of the molecule is CC1CC(C)C(CNC(=O)c2cc(-c3ccc(CC4CCC[C@@H]4C(N)=O)cc3)cc3c2cnn3C2CCCC2)C(=O)N1. The summed E-state index contributed by atoms with van der Waals surface area (Å²) in [6, 6.07) is 13.1. The van der Waals surface area contributed by atoms with Crippen LogP contribution in [0.2, 0.25) is 0 Å². The Morgan fingerprint density at radius 1 is 1.02 bits per heavy atom. The van der Waals surface area contributed by atoms with Gasteiger partial charge in [-0.3, -0.25) is 19.1 Å². The number of aromatic nitrogens is 2. The summed E-state index contributed by atoms with van der Waals surface area (Å²) in [5.74, 6) is -0.123. The van der Waals surface area contributed by atoms with Gasteiger partial charge in [0.1, 0.15) is 0 Å².